The van der Waals surface area contributed by atoms with E-state index in [1.165, 1.54) is 0 Å². The number of likely N-dealkylation sites (tertiary alicyclic amines) is 1. The van der Waals surface area contributed by atoms with E-state index < -0.39 is 17.8 Å². The van der Waals surface area contributed by atoms with Gasteiger partial charge in [-0.25, -0.2) is 0 Å². The topological polar surface area (TPSA) is 137 Å². The highest BCUT2D eigenvalue weighted by Crippen LogP contribution is 2.35. The molecule has 2 fully saturated rings. The van der Waals surface area contributed by atoms with Crippen LogP contribution in [0.2, 0.25) is 0 Å². The molecule has 4 rings (SSSR count). The minimum absolute atomic E-state index is 0.103. The van der Waals surface area contributed by atoms with E-state index in [0.29, 0.717) is 50.2 Å². The molecule has 0 radical (unpaired) electrons. The summed E-state index contributed by atoms with van der Waals surface area (Å²) >= 11 is 0. The maximum Gasteiger partial charge on any atom is 0.290 e. The fourth-order valence-electron chi connectivity index (χ4n) is 3.69. The molecule has 1 spiro atoms. The number of aromatic nitrogens is 3. The SMILES string of the molecule is O=C(c1cccn2cnnc12)N1CCC2(CC1)OCC[C@H](O)[C@@H]2O.O=CO. The molecule has 27 heavy (non-hydrogen) atoms. The van der Waals surface area contributed by atoms with Gasteiger partial charge in [-0.05, 0) is 31.4 Å². The van der Waals surface area contributed by atoms with Crippen LogP contribution in [-0.2, 0) is 9.53 Å². The lowest BCUT2D eigenvalue weighted by Gasteiger charge is -2.48. The number of amides is 1. The molecule has 2 aromatic heterocycles. The van der Waals surface area contributed by atoms with Crippen LogP contribution in [0.15, 0.2) is 24.7 Å². The number of carbonyl (C=O) groups excluding carboxylic acids is 1. The normalized spacial score (nSPS) is 24.3. The maximum absolute atomic E-state index is 12.8. The van der Waals surface area contributed by atoms with Crippen LogP contribution in [0.4, 0.5) is 0 Å². The number of carboxylic acid groups (broad SMARTS) is 1. The Morgan fingerprint density at radius 2 is 2.04 bits per heavy atom. The number of aliphatic hydroxyl groups is 2. The summed E-state index contributed by atoms with van der Waals surface area (Å²) in [4.78, 5) is 22.9. The second kappa shape index (κ2) is 7.99. The number of rotatable bonds is 1. The standard InChI is InChI=1S/C16H20N4O4.CH2O2/c21-12-3-9-24-16(13(12)22)4-7-19(8-5-16)15(23)11-2-1-6-20-10-17-18-14(11)20;2-1-3/h1-2,6,10,12-13,21-22H,3-5,7-9H2;1H,(H,2,3)/t12-,13-;/m0./s1. The number of nitrogens with zero attached hydrogens (tertiary/aromatic N) is 4. The molecule has 1 amide bonds. The van der Waals surface area contributed by atoms with E-state index >= 15 is 0 Å². The smallest absolute Gasteiger partial charge is 0.290 e. The van der Waals surface area contributed by atoms with Crippen LogP contribution < -0.4 is 0 Å². The van der Waals surface area contributed by atoms with E-state index in [9.17, 15) is 15.0 Å². The summed E-state index contributed by atoms with van der Waals surface area (Å²) in [7, 11) is 0. The molecule has 146 valence electrons. The van der Waals surface area contributed by atoms with Gasteiger partial charge in [0.1, 0.15) is 12.4 Å². The Kier molecular flexibility index (Phi) is 5.68. The van der Waals surface area contributed by atoms with E-state index in [-0.39, 0.29) is 12.4 Å². The number of aliphatic hydroxyl groups excluding tert-OH is 2. The van der Waals surface area contributed by atoms with Crippen molar-refractivity contribution in [3.05, 3.63) is 30.2 Å². The van der Waals surface area contributed by atoms with Gasteiger partial charge in [0.15, 0.2) is 5.65 Å². The second-order valence-corrected chi connectivity index (χ2v) is 6.60. The average Bonchev–Trinajstić information content (AvgIpc) is 3.16. The van der Waals surface area contributed by atoms with Gasteiger partial charge in [-0.15, -0.1) is 10.2 Å². The molecule has 0 aliphatic carbocycles. The van der Waals surface area contributed by atoms with E-state index in [0.717, 1.165) is 0 Å². The predicted octanol–water partition coefficient (Wildman–Crippen LogP) is -0.453. The fourth-order valence-corrected chi connectivity index (χ4v) is 3.69. The fraction of sp³-hybridized carbons (Fsp3) is 0.529. The molecular formula is C17H22N4O6. The number of pyridine rings is 1. The highest BCUT2D eigenvalue weighted by atomic mass is 16.5. The third-order valence-electron chi connectivity index (χ3n) is 5.16. The molecule has 10 nitrogen and oxygen atoms in total. The maximum atomic E-state index is 12.8. The molecule has 0 bridgehead atoms. The lowest BCUT2D eigenvalue weighted by molar-refractivity contribution is -0.212. The number of hydrogen-bond acceptors (Lipinski definition) is 7. The largest absolute Gasteiger partial charge is 0.483 e. The zero-order valence-electron chi connectivity index (χ0n) is 14.6. The summed E-state index contributed by atoms with van der Waals surface area (Å²) in [6.07, 6.45) is 3.16. The highest BCUT2D eigenvalue weighted by Gasteiger charge is 2.48. The average molecular weight is 378 g/mol. The van der Waals surface area contributed by atoms with Crippen LogP contribution in [0.5, 0.6) is 0 Å². The van der Waals surface area contributed by atoms with Crippen molar-refractivity contribution in [1.82, 2.24) is 19.5 Å². The molecule has 0 saturated carbocycles. The molecule has 0 aromatic carbocycles. The Hall–Kier alpha value is -2.56. The van der Waals surface area contributed by atoms with E-state index in [1.54, 1.807) is 34.0 Å². The third kappa shape index (κ3) is 3.64. The van der Waals surface area contributed by atoms with Gasteiger partial charge in [-0.1, -0.05) is 0 Å². The van der Waals surface area contributed by atoms with E-state index in [4.69, 9.17) is 14.6 Å². The Bertz CT molecular complexity index is 802. The van der Waals surface area contributed by atoms with Crippen molar-refractivity contribution in [2.45, 2.75) is 37.1 Å². The first-order valence-corrected chi connectivity index (χ1v) is 8.68. The zero-order valence-corrected chi connectivity index (χ0v) is 14.6. The highest BCUT2D eigenvalue weighted by molar-refractivity contribution is 5.99. The lowest BCUT2D eigenvalue weighted by atomic mass is 9.80. The quantitative estimate of drug-likeness (QED) is 0.567. The van der Waals surface area contributed by atoms with Crippen molar-refractivity contribution in [3.63, 3.8) is 0 Å². The Balaban J connectivity index is 0.000000659. The van der Waals surface area contributed by atoms with Crippen LogP contribution in [0.1, 0.15) is 29.6 Å². The summed E-state index contributed by atoms with van der Waals surface area (Å²) < 4.78 is 7.52. The van der Waals surface area contributed by atoms with Gasteiger partial charge in [0, 0.05) is 19.3 Å². The van der Waals surface area contributed by atoms with E-state index in [1.807, 2.05) is 0 Å². The monoisotopic (exact) mass is 378 g/mol. The van der Waals surface area contributed by atoms with Crippen LogP contribution in [0, 0.1) is 0 Å². The minimum Gasteiger partial charge on any atom is -0.483 e. The second-order valence-electron chi connectivity index (χ2n) is 6.60. The molecule has 0 unspecified atom stereocenters. The van der Waals surface area contributed by atoms with Gasteiger partial charge in [0.25, 0.3) is 12.4 Å². The molecule has 10 heteroatoms. The van der Waals surface area contributed by atoms with Gasteiger partial charge in [0.05, 0.1) is 23.9 Å². The van der Waals surface area contributed by atoms with Crippen LogP contribution >= 0.6 is 0 Å². The zero-order chi connectivity index (χ0) is 19.4. The molecule has 3 N–H and O–H groups in total. The van der Waals surface area contributed by atoms with Crippen molar-refractivity contribution in [3.8, 4) is 0 Å². The van der Waals surface area contributed by atoms with Crippen molar-refractivity contribution in [2.24, 2.45) is 0 Å². The van der Waals surface area contributed by atoms with E-state index in [2.05, 4.69) is 10.2 Å². The van der Waals surface area contributed by atoms with Crippen molar-refractivity contribution in [1.29, 1.82) is 0 Å². The van der Waals surface area contributed by atoms with Crippen molar-refractivity contribution >= 4 is 18.0 Å². The summed E-state index contributed by atoms with van der Waals surface area (Å²) in [5.41, 5.74) is 0.304. The molecule has 2 saturated heterocycles. The first-order chi connectivity index (χ1) is 13.0. The van der Waals surface area contributed by atoms with Gasteiger partial charge in [-0.3, -0.25) is 14.0 Å². The van der Waals surface area contributed by atoms with Crippen LogP contribution in [0.3, 0.4) is 0 Å². The van der Waals surface area contributed by atoms with Crippen LogP contribution in [-0.4, -0.2) is 84.7 Å². The molecule has 2 aromatic rings. The summed E-state index contributed by atoms with van der Waals surface area (Å²) in [5, 5.41) is 35.0. The molecule has 4 heterocycles. The molecular weight excluding hydrogens is 356 g/mol. The number of hydrogen-bond donors (Lipinski definition) is 3. The van der Waals surface area contributed by atoms with Gasteiger partial charge in [0.2, 0.25) is 0 Å². The lowest BCUT2D eigenvalue weighted by Crippen LogP contribution is -2.60. The molecule has 2 aliphatic heterocycles. The Morgan fingerprint density at radius 1 is 1.33 bits per heavy atom. The summed E-state index contributed by atoms with van der Waals surface area (Å²) in [5.74, 6) is -0.103. The molecule has 2 aliphatic rings. The number of fused-ring (bicyclic) bond motifs is 1. The van der Waals surface area contributed by atoms with Gasteiger partial charge < -0.3 is 25.0 Å². The predicted molar refractivity (Wildman–Crippen MR) is 92.1 cm³/mol. The summed E-state index contributed by atoms with van der Waals surface area (Å²) in [6, 6.07) is 3.53. The Labute approximate surface area is 155 Å². The van der Waals surface area contributed by atoms with Gasteiger partial charge >= 0.3 is 0 Å². The van der Waals surface area contributed by atoms with Gasteiger partial charge in [-0.2, -0.15) is 0 Å². The summed E-state index contributed by atoms with van der Waals surface area (Å²) in [6.45, 7) is 1.13. The number of piperidine rings is 1. The van der Waals surface area contributed by atoms with Crippen molar-refractivity contribution in [2.75, 3.05) is 19.7 Å². The van der Waals surface area contributed by atoms with Crippen LogP contribution in [0.25, 0.3) is 5.65 Å². The number of ether oxygens (including phenoxy) is 1. The Morgan fingerprint density at radius 3 is 2.74 bits per heavy atom. The first kappa shape index (κ1) is 19.2. The minimum atomic E-state index is -0.900. The third-order valence-corrected chi connectivity index (χ3v) is 5.16. The number of carbonyl (C=O) groups is 2. The molecule has 2 atom stereocenters. The van der Waals surface area contributed by atoms with Crippen molar-refractivity contribution < 1.29 is 29.6 Å². The first-order valence-electron chi connectivity index (χ1n) is 8.68.